The molecule has 1 nitrogen and oxygen atoms in total. The van der Waals surface area contributed by atoms with Gasteiger partial charge in [-0.2, -0.15) is 12.6 Å². The van der Waals surface area contributed by atoms with Gasteiger partial charge < -0.3 is 5.11 Å². The molecule has 1 aliphatic carbocycles. The second-order valence-electron chi connectivity index (χ2n) is 2.04. The van der Waals surface area contributed by atoms with Gasteiger partial charge in [-0.1, -0.05) is 23.8 Å². The van der Waals surface area contributed by atoms with E-state index in [9.17, 15) is 0 Å². The normalized spacial score (nSPS) is 24.7. The number of hydrogen-bond acceptors (Lipinski definition) is 2. The van der Waals surface area contributed by atoms with Gasteiger partial charge in [0.25, 0.3) is 0 Å². The molecule has 1 aliphatic rings. The quantitative estimate of drug-likeness (QED) is 0.554. The summed E-state index contributed by atoms with van der Waals surface area (Å²) in [5.74, 6) is 0. The Morgan fingerprint density at radius 1 is 1.67 bits per heavy atom. The van der Waals surface area contributed by atoms with Crippen LogP contribution in [0.5, 0.6) is 0 Å². The molecular weight excluding hydrogens is 132 g/mol. The lowest BCUT2D eigenvalue weighted by Crippen LogP contribution is -1.97. The van der Waals surface area contributed by atoms with E-state index in [1.165, 1.54) is 5.57 Å². The average molecular weight is 142 g/mol. The van der Waals surface area contributed by atoms with Gasteiger partial charge in [0.1, 0.15) is 0 Å². The first-order valence-corrected chi connectivity index (χ1v) is 3.52. The second-order valence-corrected chi connectivity index (χ2v) is 2.60. The summed E-state index contributed by atoms with van der Waals surface area (Å²) in [6, 6.07) is 0. The smallest absolute Gasteiger partial charge is 0.0468 e. The molecule has 0 fully saturated rings. The lowest BCUT2D eigenvalue weighted by molar-refractivity contribution is 0.299. The van der Waals surface area contributed by atoms with Crippen molar-refractivity contribution in [3.8, 4) is 0 Å². The molecule has 1 rings (SSSR count). The zero-order chi connectivity index (χ0) is 6.69. The van der Waals surface area contributed by atoms with E-state index in [1.54, 1.807) is 0 Å². The first-order valence-electron chi connectivity index (χ1n) is 3.01. The van der Waals surface area contributed by atoms with E-state index in [2.05, 4.69) is 12.6 Å². The fraction of sp³-hybridized carbons (Fsp3) is 0.429. The van der Waals surface area contributed by atoms with Gasteiger partial charge in [0, 0.05) is 11.9 Å². The van der Waals surface area contributed by atoms with Gasteiger partial charge in [0.05, 0.1) is 0 Å². The van der Waals surface area contributed by atoms with Crippen LogP contribution in [0, 0.1) is 0 Å². The highest BCUT2D eigenvalue weighted by Crippen LogP contribution is 2.19. The molecule has 0 spiro atoms. The van der Waals surface area contributed by atoms with E-state index in [4.69, 9.17) is 5.11 Å². The Labute approximate surface area is 60.5 Å². The molecule has 9 heavy (non-hydrogen) atoms. The molecule has 1 atom stereocenters. The minimum Gasteiger partial charge on any atom is -0.396 e. The maximum absolute atomic E-state index is 8.54. The molecule has 0 amide bonds. The zero-order valence-corrected chi connectivity index (χ0v) is 6.01. The zero-order valence-electron chi connectivity index (χ0n) is 5.12. The van der Waals surface area contributed by atoms with Crippen LogP contribution in [0.15, 0.2) is 23.8 Å². The van der Waals surface area contributed by atoms with Crippen LogP contribution in [-0.2, 0) is 0 Å². The van der Waals surface area contributed by atoms with Crippen LogP contribution < -0.4 is 0 Å². The van der Waals surface area contributed by atoms with Crippen LogP contribution >= 0.6 is 12.6 Å². The SMILES string of the molecule is OCCC1=CC=CC1S. The van der Waals surface area contributed by atoms with E-state index < -0.39 is 0 Å². The van der Waals surface area contributed by atoms with Crippen molar-refractivity contribution in [2.45, 2.75) is 11.7 Å². The summed E-state index contributed by atoms with van der Waals surface area (Å²) >= 11 is 4.26. The minimum absolute atomic E-state index is 0.227. The molecule has 0 saturated carbocycles. The molecule has 0 bridgehead atoms. The Morgan fingerprint density at radius 2 is 2.44 bits per heavy atom. The predicted molar refractivity (Wildman–Crippen MR) is 41.7 cm³/mol. The first kappa shape index (κ1) is 6.90. The lowest BCUT2D eigenvalue weighted by atomic mass is 10.2. The standard InChI is InChI=1S/C7H10OS/c8-5-4-6-2-1-3-7(6)9/h1-3,7-9H,4-5H2. The molecule has 0 aromatic rings. The van der Waals surface area contributed by atoms with Crippen molar-refractivity contribution in [1.82, 2.24) is 0 Å². The van der Waals surface area contributed by atoms with E-state index >= 15 is 0 Å². The Bertz CT molecular complexity index is 149. The van der Waals surface area contributed by atoms with Gasteiger partial charge in [0.2, 0.25) is 0 Å². The largest absolute Gasteiger partial charge is 0.396 e. The summed E-state index contributed by atoms with van der Waals surface area (Å²) in [5.41, 5.74) is 1.21. The monoisotopic (exact) mass is 142 g/mol. The molecule has 0 saturated heterocycles. The van der Waals surface area contributed by atoms with Crippen LogP contribution in [-0.4, -0.2) is 17.0 Å². The highest BCUT2D eigenvalue weighted by Gasteiger charge is 2.07. The third-order valence-corrected chi connectivity index (χ3v) is 1.89. The van der Waals surface area contributed by atoms with E-state index in [1.807, 2.05) is 18.2 Å². The highest BCUT2D eigenvalue weighted by molar-refractivity contribution is 7.81. The van der Waals surface area contributed by atoms with Crippen molar-refractivity contribution >= 4 is 12.6 Å². The van der Waals surface area contributed by atoms with Crippen LogP contribution in [0.2, 0.25) is 0 Å². The van der Waals surface area contributed by atoms with Crippen molar-refractivity contribution in [3.05, 3.63) is 23.8 Å². The van der Waals surface area contributed by atoms with Gasteiger partial charge in [-0.05, 0) is 6.42 Å². The molecular formula is C7H10OS. The maximum Gasteiger partial charge on any atom is 0.0468 e. The van der Waals surface area contributed by atoms with Gasteiger partial charge >= 0.3 is 0 Å². The molecule has 50 valence electrons. The number of hydrogen-bond donors (Lipinski definition) is 2. The fourth-order valence-corrected chi connectivity index (χ4v) is 1.18. The van der Waals surface area contributed by atoms with E-state index in [0.717, 1.165) is 6.42 Å². The number of thiol groups is 1. The Hall–Kier alpha value is -0.210. The molecule has 0 aromatic carbocycles. The van der Waals surface area contributed by atoms with Gasteiger partial charge in [-0.25, -0.2) is 0 Å². The Morgan fingerprint density at radius 3 is 2.89 bits per heavy atom. The van der Waals surface area contributed by atoms with Crippen LogP contribution in [0.25, 0.3) is 0 Å². The summed E-state index contributed by atoms with van der Waals surface area (Å²) in [6.07, 6.45) is 6.74. The summed E-state index contributed by atoms with van der Waals surface area (Å²) in [5, 5.41) is 8.79. The summed E-state index contributed by atoms with van der Waals surface area (Å²) in [7, 11) is 0. The van der Waals surface area contributed by atoms with Crippen LogP contribution in [0.4, 0.5) is 0 Å². The lowest BCUT2D eigenvalue weighted by Gasteiger charge is -2.03. The Kier molecular flexibility index (Phi) is 2.37. The number of aliphatic hydroxyl groups excluding tert-OH is 1. The number of aliphatic hydroxyl groups is 1. The summed E-state index contributed by atoms with van der Waals surface area (Å²) < 4.78 is 0. The highest BCUT2D eigenvalue weighted by atomic mass is 32.1. The summed E-state index contributed by atoms with van der Waals surface area (Å²) in [4.78, 5) is 0. The van der Waals surface area contributed by atoms with E-state index in [-0.39, 0.29) is 11.9 Å². The van der Waals surface area contributed by atoms with Gasteiger partial charge in [0.15, 0.2) is 0 Å². The molecule has 1 N–H and O–H groups in total. The van der Waals surface area contributed by atoms with Crippen molar-refractivity contribution in [2.24, 2.45) is 0 Å². The molecule has 0 radical (unpaired) electrons. The maximum atomic E-state index is 8.54. The Balaban J connectivity index is 2.44. The third-order valence-electron chi connectivity index (χ3n) is 1.38. The molecule has 1 unspecified atom stereocenters. The molecule has 0 aliphatic heterocycles. The third kappa shape index (κ3) is 1.60. The molecule has 0 aromatic heterocycles. The number of rotatable bonds is 2. The first-order chi connectivity index (χ1) is 4.34. The summed E-state index contributed by atoms with van der Waals surface area (Å²) in [6.45, 7) is 0.227. The van der Waals surface area contributed by atoms with E-state index in [0.29, 0.717) is 0 Å². The fourth-order valence-electron chi connectivity index (χ4n) is 0.867. The van der Waals surface area contributed by atoms with Crippen molar-refractivity contribution in [2.75, 3.05) is 6.61 Å². The topological polar surface area (TPSA) is 20.2 Å². The predicted octanol–water partition coefficient (Wildman–Crippen LogP) is 1.16. The average Bonchev–Trinajstić information content (AvgIpc) is 2.18. The second kappa shape index (κ2) is 3.08. The van der Waals surface area contributed by atoms with Crippen LogP contribution in [0.3, 0.4) is 0 Å². The van der Waals surface area contributed by atoms with Crippen LogP contribution in [0.1, 0.15) is 6.42 Å². The van der Waals surface area contributed by atoms with Crippen molar-refractivity contribution in [3.63, 3.8) is 0 Å². The molecule has 2 heteroatoms. The number of allylic oxidation sites excluding steroid dienone is 2. The molecule has 0 heterocycles. The van der Waals surface area contributed by atoms with Crippen molar-refractivity contribution < 1.29 is 5.11 Å². The minimum atomic E-state index is 0.227. The van der Waals surface area contributed by atoms with Gasteiger partial charge in [-0.3, -0.25) is 0 Å². The van der Waals surface area contributed by atoms with Gasteiger partial charge in [-0.15, -0.1) is 0 Å². The van der Waals surface area contributed by atoms with Crippen molar-refractivity contribution in [1.29, 1.82) is 0 Å².